The fourth-order valence-electron chi connectivity index (χ4n) is 1.55. The molecular formula is C11H11BrFNO2. The molecule has 0 saturated carbocycles. The van der Waals surface area contributed by atoms with Crippen molar-refractivity contribution in [2.75, 3.05) is 13.2 Å². The Kier molecular flexibility index (Phi) is 3.56. The van der Waals surface area contributed by atoms with Gasteiger partial charge < -0.3 is 10.1 Å². The lowest BCUT2D eigenvalue weighted by atomic mass is 10.2. The molecule has 5 heteroatoms. The highest BCUT2D eigenvalue weighted by atomic mass is 79.9. The first-order valence-electron chi connectivity index (χ1n) is 5.00. The predicted octanol–water partition coefficient (Wildman–Crippen LogP) is 2.11. The normalized spacial score (nSPS) is 19.8. The number of hydrogen-bond donors (Lipinski definition) is 1. The Labute approximate surface area is 101 Å². The van der Waals surface area contributed by atoms with Crippen LogP contribution in [0.15, 0.2) is 22.7 Å². The number of hydrogen-bond acceptors (Lipinski definition) is 2. The summed E-state index contributed by atoms with van der Waals surface area (Å²) in [5.74, 6) is -0.697. The third kappa shape index (κ3) is 2.59. The zero-order valence-corrected chi connectivity index (χ0v) is 10.1. The van der Waals surface area contributed by atoms with E-state index in [1.807, 2.05) is 0 Å². The molecule has 1 atom stereocenters. The molecule has 1 aliphatic rings. The molecule has 0 aromatic heterocycles. The van der Waals surface area contributed by atoms with E-state index in [4.69, 9.17) is 4.74 Å². The third-order valence-electron chi connectivity index (χ3n) is 2.45. The SMILES string of the molecule is O=C(N[C@H]1CCOC1)c1ccc(Br)c(F)c1. The maximum absolute atomic E-state index is 13.2. The average Bonchev–Trinajstić information content (AvgIpc) is 2.74. The zero-order chi connectivity index (χ0) is 11.5. The highest BCUT2D eigenvalue weighted by Gasteiger charge is 2.18. The van der Waals surface area contributed by atoms with Crippen LogP contribution in [-0.4, -0.2) is 25.2 Å². The number of carbonyl (C=O) groups excluding carboxylic acids is 1. The van der Waals surface area contributed by atoms with Crippen molar-refractivity contribution in [1.82, 2.24) is 5.32 Å². The van der Waals surface area contributed by atoms with Crippen molar-refractivity contribution in [3.05, 3.63) is 34.1 Å². The highest BCUT2D eigenvalue weighted by molar-refractivity contribution is 9.10. The summed E-state index contributed by atoms with van der Waals surface area (Å²) in [6, 6.07) is 4.36. The van der Waals surface area contributed by atoms with Crippen molar-refractivity contribution < 1.29 is 13.9 Å². The van der Waals surface area contributed by atoms with E-state index in [9.17, 15) is 9.18 Å². The van der Waals surface area contributed by atoms with Gasteiger partial charge in [0.25, 0.3) is 5.91 Å². The zero-order valence-electron chi connectivity index (χ0n) is 8.50. The molecule has 0 unspecified atom stereocenters. The first-order valence-corrected chi connectivity index (χ1v) is 5.80. The Morgan fingerprint density at radius 3 is 3.00 bits per heavy atom. The molecule has 0 bridgehead atoms. The van der Waals surface area contributed by atoms with Gasteiger partial charge in [0.2, 0.25) is 0 Å². The highest BCUT2D eigenvalue weighted by Crippen LogP contribution is 2.16. The lowest BCUT2D eigenvalue weighted by Crippen LogP contribution is -2.35. The van der Waals surface area contributed by atoms with E-state index in [0.717, 1.165) is 6.42 Å². The van der Waals surface area contributed by atoms with Crippen LogP contribution < -0.4 is 5.32 Å². The molecule has 16 heavy (non-hydrogen) atoms. The minimum Gasteiger partial charge on any atom is -0.379 e. The van der Waals surface area contributed by atoms with E-state index in [1.54, 1.807) is 6.07 Å². The number of amides is 1. The fourth-order valence-corrected chi connectivity index (χ4v) is 1.80. The van der Waals surface area contributed by atoms with Crippen molar-refractivity contribution in [2.24, 2.45) is 0 Å². The van der Waals surface area contributed by atoms with Gasteiger partial charge in [0.05, 0.1) is 17.1 Å². The van der Waals surface area contributed by atoms with Gasteiger partial charge in [-0.15, -0.1) is 0 Å². The summed E-state index contributed by atoms with van der Waals surface area (Å²) in [7, 11) is 0. The molecule has 1 heterocycles. The van der Waals surface area contributed by atoms with Gasteiger partial charge in [-0.25, -0.2) is 4.39 Å². The number of carbonyl (C=O) groups is 1. The second-order valence-electron chi connectivity index (χ2n) is 3.66. The third-order valence-corrected chi connectivity index (χ3v) is 3.09. The lowest BCUT2D eigenvalue weighted by molar-refractivity contribution is 0.0929. The summed E-state index contributed by atoms with van der Waals surface area (Å²) in [5, 5.41) is 2.80. The van der Waals surface area contributed by atoms with Gasteiger partial charge in [0.15, 0.2) is 0 Å². The van der Waals surface area contributed by atoms with Crippen LogP contribution in [0, 0.1) is 5.82 Å². The topological polar surface area (TPSA) is 38.3 Å². The van der Waals surface area contributed by atoms with Crippen LogP contribution in [0.1, 0.15) is 16.8 Å². The summed E-state index contributed by atoms with van der Waals surface area (Å²) in [6.07, 6.45) is 0.810. The molecule has 3 nitrogen and oxygen atoms in total. The smallest absolute Gasteiger partial charge is 0.251 e. The van der Waals surface area contributed by atoms with Crippen LogP contribution in [0.5, 0.6) is 0 Å². The van der Waals surface area contributed by atoms with Gasteiger partial charge in [0.1, 0.15) is 5.82 Å². The number of rotatable bonds is 2. The molecule has 0 aliphatic carbocycles. The molecule has 1 N–H and O–H groups in total. The van der Waals surface area contributed by atoms with E-state index in [2.05, 4.69) is 21.2 Å². The first-order chi connectivity index (χ1) is 7.66. The van der Waals surface area contributed by atoms with Gasteiger partial charge in [0, 0.05) is 12.2 Å². The number of benzene rings is 1. The second kappa shape index (κ2) is 4.93. The van der Waals surface area contributed by atoms with Crippen molar-refractivity contribution in [2.45, 2.75) is 12.5 Å². The van der Waals surface area contributed by atoms with E-state index in [1.165, 1.54) is 12.1 Å². The molecule has 0 radical (unpaired) electrons. The van der Waals surface area contributed by atoms with Crippen molar-refractivity contribution in [1.29, 1.82) is 0 Å². The molecule has 1 amide bonds. The second-order valence-corrected chi connectivity index (χ2v) is 4.52. The van der Waals surface area contributed by atoms with Crippen molar-refractivity contribution >= 4 is 21.8 Å². The minimum absolute atomic E-state index is 0.0409. The molecule has 1 aliphatic heterocycles. The Hall–Kier alpha value is -0.940. The summed E-state index contributed by atoms with van der Waals surface area (Å²) >= 11 is 3.04. The van der Waals surface area contributed by atoms with E-state index < -0.39 is 5.82 Å². The van der Waals surface area contributed by atoms with Crippen LogP contribution in [0.25, 0.3) is 0 Å². The van der Waals surface area contributed by atoms with Crippen molar-refractivity contribution in [3.8, 4) is 0 Å². The molecule has 2 rings (SSSR count). The van der Waals surface area contributed by atoms with E-state index >= 15 is 0 Å². The summed E-state index contributed by atoms with van der Waals surface area (Å²) in [6.45, 7) is 1.20. The number of nitrogens with one attached hydrogen (secondary N) is 1. The fraction of sp³-hybridized carbons (Fsp3) is 0.364. The van der Waals surface area contributed by atoms with E-state index in [0.29, 0.717) is 23.2 Å². The van der Waals surface area contributed by atoms with Gasteiger partial charge in [-0.1, -0.05) is 0 Å². The monoisotopic (exact) mass is 287 g/mol. The maximum Gasteiger partial charge on any atom is 0.251 e. The molecule has 1 aromatic carbocycles. The number of halogens is 2. The maximum atomic E-state index is 13.2. The first kappa shape index (κ1) is 11.5. The lowest BCUT2D eigenvalue weighted by Gasteiger charge is -2.10. The van der Waals surface area contributed by atoms with Gasteiger partial charge in [-0.05, 0) is 40.5 Å². The van der Waals surface area contributed by atoms with Crippen LogP contribution in [-0.2, 0) is 4.74 Å². The number of ether oxygens (including phenoxy) is 1. The molecule has 1 fully saturated rings. The van der Waals surface area contributed by atoms with Crippen molar-refractivity contribution in [3.63, 3.8) is 0 Å². The molecule has 0 spiro atoms. The molecular weight excluding hydrogens is 277 g/mol. The van der Waals surface area contributed by atoms with Crippen LogP contribution in [0.3, 0.4) is 0 Å². The quantitative estimate of drug-likeness (QED) is 0.905. The van der Waals surface area contributed by atoms with Gasteiger partial charge in [-0.2, -0.15) is 0 Å². The molecule has 1 saturated heterocycles. The Bertz CT molecular complexity index is 405. The molecule has 1 aromatic rings. The van der Waals surface area contributed by atoms with Gasteiger partial charge in [-0.3, -0.25) is 4.79 Å². The summed E-state index contributed by atoms with van der Waals surface area (Å²) in [4.78, 5) is 11.7. The van der Waals surface area contributed by atoms with Crippen LogP contribution in [0.2, 0.25) is 0 Å². The Morgan fingerprint density at radius 1 is 1.56 bits per heavy atom. The Morgan fingerprint density at radius 2 is 2.38 bits per heavy atom. The Balaban J connectivity index is 2.05. The summed E-state index contributed by atoms with van der Waals surface area (Å²) in [5.41, 5.74) is 0.326. The standard InChI is InChI=1S/C11H11BrFNO2/c12-9-2-1-7(5-10(9)13)11(15)14-8-3-4-16-6-8/h1-2,5,8H,3-4,6H2,(H,14,15)/t8-/m0/s1. The van der Waals surface area contributed by atoms with Gasteiger partial charge >= 0.3 is 0 Å². The predicted molar refractivity (Wildman–Crippen MR) is 60.8 cm³/mol. The average molecular weight is 288 g/mol. The van der Waals surface area contributed by atoms with Crippen LogP contribution >= 0.6 is 15.9 Å². The van der Waals surface area contributed by atoms with Crippen LogP contribution in [0.4, 0.5) is 4.39 Å². The van der Waals surface area contributed by atoms with E-state index in [-0.39, 0.29) is 11.9 Å². The summed E-state index contributed by atoms with van der Waals surface area (Å²) < 4.78 is 18.7. The minimum atomic E-state index is -0.435. The molecule has 86 valence electrons. The largest absolute Gasteiger partial charge is 0.379 e.